The van der Waals surface area contributed by atoms with Gasteiger partial charge in [0.25, 0.3) is 0 Å². The number of hydrogen-bond acceptors (Lipinski definition) is 2. The fourth-order valence-corrected chi connectivity index (χ4v) is 1.97. The average Bonchev–Trinajstić information content (AvgIpc) is 3.19. The summed E-state index contributed by atoms with van der Waals surface area (Å²) in [6.07, 6.45) is 2.85. The van der Waals surface area contributed by atoms with Crippen molar-refractivity contribution in [2.75, 3.05) is 19.7 Å². The predicted molar refractivity (Wildman–Crippen MR) is 75.0 cm³/mol. The molecule has 0 radical (unpaired) electrons. The number of nitrogens with one attached hydrogen (secondary N) is 2. The summed E-state index contributed by atoms with van der Waals surface area (Å²) < 4.78 is 0. The van der Waals surface area contributed by atoms with Crippen LogP contribution < -0.4 is 10.6 Å². The molecule has 1 saturated carbocycles. The van der Waals surface area contributed by atoms with E-state index >= 15 is 0 Å². The van der Waals surface area contributed by atoms with E-state index in [4.69, 9.17) is 5.11 Å². The Balaban J connectivity index is 1.62. The van der Waals surface area contributed by atoms with Gasteiger partial charge in [0.2, 0.25) is 0 Å². The average molecular weight is 262 g/mol. The van der Waals surface area contributed by atoms with Crippen molar-refractivity contribution < 1.29 is 9.90 Å². The molecule has 2 amide bonds. The Morgan fingerprint density at radius 3 is 2.53 bits per heavy atom. The molecule has 3 N–H and O–H groups in total. The first-order valence-corrected chi connectivity index (χ1v) is 6.82. The molecule has 1 aliphatic rings. The van der Waals surface area contributed by atoms with Crippen molar-refractivity contribution >= 4 is 6.03 Å². The van der Waals surface area contributed by atoms with Crippen molar-refractivity contribution in [3.8, 4) is 0 Å². The third-order valence-corrected chi connectivity index (χ3v) is 3.74. The molecule has 0 atom stereocenters. The van der Waals surface area contributed by atoms with Crippen molar-refractivity contribution in [3.05, 3.63) is 35.4 Å². The van der Waals surface area contributed by atoms with Crippen molar-refractivity contribution in [1.29, 1.82) is 0 Å². The van der Waals surface area contributed by atoms with Crippen molar-refractivity contribution in [2.24, 2.45) is 5.41 Å². The molecule has 1 aromatic rings. The second-order valence-electron chi connectivity index (χ2n) is 5.50. The lowest BCUT2D eigenvalue weighted by molar-refractivity contribution is 0.203. The van der Waals surface area contributed by atoms with E-state index in [1.165, 1.54) is 11.1 Å². The van der Waals surface area contributed by atoms with Gasteiger partial charge >= 0.3 is 6.03 Å². The molecule has 104 valence electrons. The smallest absolute Gasteiger partial charge is 0.314 e. The van der Waals surface area contributed by atoms with Crippen LogP contribution in [0.2, 0.25) is 0 Å². The zero-order valence-electron chi connectivity index (χ0n) is 11.4. The number of aliphatic hydroxyl groups is 1. The minimum absolute atomic E-state index is 0.0334. The van der Waals surface area contributed by atoms with Crippen LogP contribution in [0.3, 0.4) is 0 Å². The molecule has 1 fully saturated rings. The molecule has 0 aliphatic heterocycles. The Hall–Kier alpha value is -1.55. The third kappa shape index (κ3) is 4.24. The second-order valence-corrected chi connectivity index (χ2v) is 5.50. The van der Waals surface area contributed by atoms with E-state index in [0.29, 0.717) is 13.1 Å². The van der Waals surface area contributed by atoms with Crippen molar-refractivity contribution in [3.63, 3.8) is 0 Å². The van der Waals surface area contributed by atoms with Crippen LogP contribution in [-0.4, -0.2) is 30.8 Å². The lowest BCUT2D eigenvalue weighted by Gasteiger charge is -2.13. The Morgan fingerprint density at radius 1 is 1.26 bits per heavy atom. The van der Waals surface area contributed by atoms with Crippen LogP contribution in [0.25, 0.3) is 0 Å². The molecule has 1 aliphatic carbocycles. The largest absolute Gasteiger partial charge is 0.396 e. The molecule has 0 heterocycles. The maximum Gasteiger partial charge on any atom is 0.314 e. The molecule has 0 spiro atoms. The van der Waals surface area contributed by atoms with Crippen molar-refractivity contribution in [2.45, 2.75) is 26.2 Å². The fourth-order valence-electron chi connectivity index (χ4n) is 1.97. The van der Waals surface area contributed by atoms with Gasteiger partial charge in [-0.1, -0.05) is 29.8 Å². The molecule has 4 nitrogen and oxygen atoms in total. The first kappa shape index (κ1) is 13.9. The molecule has 2 rings (SSSR count). The molecular weight excluding hydrogens is 240 g/mol. The molecule has 1 aromatic carbocycles. The van der Waals surface area contributed by atoms with Crippen LogP contribution in [0.4, 0.5) is 4.79 Å². The number of aliphatic hydroxyl groups excluding tert-OH is 1. The maximum atomic E-state index is 11.6. The summed E-state index contributed by atoms with van der Waals surface area (Å²) >= 11 is 0. The van der Waals surface area contributed by atoms with E-state index < -0.39 is 0 Å². The molecule has 0 aromatic heterocycles. The topological polar surface area (TPSA) is 61.4 Å². The Labute approximate surface area is 114 Å². The summed E-state index contributed by atoms with van der Waals surface area (Å²) in [6, 6.07) is 8.17. The predicted octanol–water partition coefficient (Wildman–Crippen LogP) is 1.61. The summed E-state index contributed by atoms with van der Waals surface area (Å²) in [5.74, 6) is 0. The second kappa shape index (κ2) is 6.06. The van der Waals surface area contributed by atoms with E-state index in [2.05, 4.69) is 41.8 Å². The van der Waals surface area contributed by atoms with Gasteiger partial charge in [0, 0.05) is 18.5 Å². The number of carbonyl (C=O) groups is 1. The highest BCUT2D eigenvalue weighted by molar-refractivity contribution is 5.73. The van der Waals surface area contributed by atoms with Gasteiger partial charge in [0.15, 0.2) is 0 Å². The van der Waals surface area contributed by atoms with E-state index in [-0.39, 0.29) is 18.1 Å². The summed E-state index contributed by atoms with van der Waals surface area (Å²) in [7, 11) is 0. The van der Waals surface area contributed by atoms with Gasteiger partial charge < -0.3 is 15.7 Å². The van der Waals surface area contributed by atoms with Crippen molar-refractivity contribution in [1.82, 2.24) is 10.6 Å². The van der Waals surface area contributed by atoms with Crippen LogP contribution in [0.1, 0.15) is 24.0 Å². The van der Waals surface area contributed by atoms with E-state index in [1.807, 2.05) is 0 Å². The summed E-state index contributed by atoms with van der Waals surface area (Å²) in [5, 5.41) is 14.8. The Kier molecular flexibility index (Phi) is 4.43. The van der Waals surface area contributed by atoms with Crippen LogP contribution in [0.15, 0.2) is 24.3 Å². The molecule has 0 saturated heterocycles. The highest BCUT2D eigenvalue weighted by Gasteiger charge is 2.41. The van der Waals surface area contributed by atoms with E-state index in [0.717, 1.165) is 19.3 Å². The highest BCUT2D eigenvalue weighted by atomic mass is 16.3. The number of carbonyl (C=O) groups excluding carboxylic acids is 1. The summed E-state index contributed by atoms with van der Waals surface area (Å²) in [5.41, 5.74) is 2.43. The van der Waals surface area contributed by atoms with Gasteiger partial charge in [-0.3, -0.25) is 0 Å². The molecule has 0 bridgehead atoms. The number of amides is 2. The van der Waals surface area contributed by atoms with E-state index in [1.54, 1.807) is 0 Å². The van der Waals surface area contributed by atoms with Gasteiger partial charge in [0.05, 0.1) is 6.61 Å². The van der Waals surface area contributed by atoms with Crippen LogP contribution in [-0.2, 0) is 6.42 Å². The highest BCUT2D eigenvalue weighted by Crippen LogP contribution is 2.44. The normalized spacial score (nSPS) is 15.9. The van der Waals surface area contributed by atoms with Gasteiger partial charge in [-0.05, 0) is 31.7 Å². The molecular formula is C15H22N2O2. The minimum atomic E-state index is -0.146. The quantitative estimate of drug-likeness (QED) is 0.729. The Bertz CT molecular complexity index is 424. The summed E-state index contributed by atoms with van der Waals surface area (Å²) in [6.45, 7) is 3.42. The summed E-state index contributed by atoms with van der Waals surface area (Å²) in [4.78, 5) is 11.6. The SMILES string of the molecule is Cc1ccc(CCNC(=O)NCC2(CO)CC2)cc1. The first-order chi connectivity index (χ1) is 9.13. The number of rotatable bonds is 6. The van der Waals surface area contributed by atoms with Crippen LogP contribution in [0.5, 0.6) is 0 Å². The zero-order chi connectivity index (χ0) is 13.7. The monoisotopic (exact) mass is 262 g/mol. The lowest BCUT2D eigenvalue weighted by Crippen LogP contribution is -2.40. The Morgan fingerprint density at radius 2 is 1.95 bits per heavy atom. The molecule has 4 heteroatoms. The number of hydrogen-bond donors (Lipinski definition) is 3. The standard InChI is InChI=1S/C15H22N2O2/c1-12-2-4-13(5-3-12)6-9-16-14(19)17-10-15(11-18)7-8-15/h2-5,18H,6-11H2,1H3,(H2,16,17,19). The van der Waals surface area contributed by atoms with Gasteiger partial charge in [-0.15, -0.1) is 0 Å². The minimum Gasteiger partial charge on any atom is -0.396 e. The fraction of sp³-hybridized carbons (Fsp3) is 0.533. The first-order valence-electron chi connectivity index (χ1n) is 6.82. The number of urea groups is 1. The van der Waals surface area contributed by atoms with Gasteiger partial charge in [-0.2, -0.15) is 0 Å². The maximum absolute atomic E-state index is 11.6. The van der Waals surface area contributed by atoms with Gasteiger partial charge in [-0.25, -0.2) is 4.79 Å². The van der Waals surface area contributed by atoms with E-state index in [9.17, 15) is 4.79 Å². The molecule has 0 unspecified atom stereocenters. The van der Waals surface area contributed by atoms with Crippen LogP contribution >= 0.6 is 0 Å². The zero-order valence-corrected chi connectivity index (χ0v) is 11.4. The number of benzene rings is 1. The van der Waals surface area contributed by atoms with Gasteiger partial charge in [0.1, 0.15) is 0 Å². The third-order valence-electron chi connectivity index (χ3n) is 3.74. The molecule has 19 heavy (non-hydrogen) atoms. The number of aryl methyl sites for hydroxylation is 1. The lowest BCUT2D eigenvalue weighted by atomic mass is 10.1. The van der Waals surface area contributed by atoms with Crippen LogP contribution in [0, 0.1) is 12.3 Å².